The minimum atomic E-state index is -0.653. The van der Waals surface area contributed by atoms with E-state index < -0.39 is 12.0 Å². The number of carbonyl (C=O) groups is 2. The van der Waals surface area contributed by atoms with Gasteiger partial charge < -0.3 is 14.4 Å². The lowest BCUT2D eigenvalue weighted by molar-refractivity contribution is -0.120. The van der Waals surface area contributed by atoms with E-state index in [1.165, 1.54) is 0 Å². The van der Waals surface area contributed by atoms with Crippen molar-refractivity contribution in [2.24, 2.45) is 0 Å². The van der Waals surface area contributed by atoms with E-state index in [1.54, 1.807) is 23.6 Å². The number of esters is 1. The molecular formula is C24H24BrClN4O4. The SMILES string of the molecule is CCOC(=O)c1nn(Cc2ccccc2)c(Cl)c1CN[C@H]1COc2cc(Br)ccc2N(C)C1=O. The predicted octanol–water partition coefficient (Wildman–Crippen LogP) is 4.04. The van der Waals surface area contributed by atoms with Crippen LogP contribution < -0.4 is 15.0 Å². The Morgan fingerprint density at radius 2 is 2.06 bits per heavy atom. The summed E-state index contributed by atoms with van der Waals surface area (Å²) in [6.45, 7) is 2.59. The summed E-state index contributed by atoms with van der Waals surface area (Å²) in [6, 6.07) is 14.5. The zero-order valence-electron chi connectivity index (χ0n) is 18.8. The van der Waals surface area contributed by atoms with Crippen molar-refractivity contribution in [3.05, 3.63) is 75.0 Å². The zero-order valence-corrected chi connectivity index (χ0v) is 21.1. The normalized spacial score (nSPS) is 15.5. The first-order valence-electron chi connectivity index (χ1n) is 10.8. The quantitative estimate of drug-likeness (QED) is 0.450. The standard InChI is InChI=1S/C24H24BrClN4O4/c1-3-33-24(32)21-17(22(26)30(28-21)13-15-7-5-4-6-8-15)12-27-18-14-34-20-11-16(25)9-10-19(20)29(2)23(18)31/h4-11,18,27H,3,12-14H2,1-2H3/t18-/m0/s1. The molecule has 0 unspecified atom stereocenters. The van der Waals surface area contributed by atoms with E-state index in [1.807, 2.05) is 48.5 Å². The molecule has 0 aliphatic carbocycles. The third kappa shape index (κ3) is 5.11. The van der Waals surface area contributed by atoms with E-state index in [0.717, 1.165) is 10.0 Å². The fourth-order valence-corrected chi connectivity index (χ4v) is 4.30. The Hall–Kier alpha value is -2.88. The van der Waals surface area contributed by atoms with Crippen LogP contribution in [0.1, 0.15) is 28.5 Å². The van der Waals surface area contributed by atoms with Gasteiger partial charge in [-0.3, -0.25) is 10.1 Å². The van der Waals surface area contributed by atoms with Crippen LogP contribution >= 0.6 is 27.5 Å². The number of halogens is 2. The molecule has 4 rings (SSSR count). The highest BCUT2D eigenvalue weighted by atomic mass is 79.9. The number of nitrogens with zero attached hydrogens (tertiary/aromatic N) is 3. The molecule has 1 aromatic heterocycles. The summed E-state index contributed by atoms with van der Waals surface area (Å²) in [6.07, 6.45) is 0. The molecular weight excluding hydrogens is 524 g/mol. The van der Waals surface area contributed by atoms with Gasteiger partial charge in [0, 0.05) is 23.6 Å². The van der Waals surface area contributed by atoms with E-state index >= 15 is 0 Å². The Kier molecular flexibility index (Phi) is 7.55. The smallest absolute Gasteiger partial charge is 0.359 e. The number of benzene rings is 2. The summed E-state index contributed by atoms with van der Waals surface area (Å²) in [5.74, 6) is -0.118. The summed E-state index contributed by atoms with van der Waals surface area (Å²) in [5.41, 5.74) is 2.26. The van der Waals surface area contributed by atoms with Crippen molar-refractivity contribution in [2.45, 2.75) is 26.1 Å². The number of likely N-dealkylation sites (N-methyl/N-ethyl adjacent to an activating group) is 1. The van der Waals surface area contributed by atoms with Crippen LogP contribution in [-0.4, -0.2) is 48.0 Å². The van der Waals surface area contributed by atoms with Gasteiger partial charge in [0.2, 0.25) is 5.91 Å². The summed E-state index contributed by atoms with van der Waals surface area (Å²) in [5, 5.41) is 7.92. The van der Waals surface area contributed by atoms with Gasteiger partial charge in [-0.2, -0.15) is 5.10 Å². The number of amides is 1. The Balaban J connectivity index is 1.56. The Morgan fingerprint density at radius 1 is 1.29 bits per heavy atom. The first-order valence-corrected chi connectivity index (χ1v) is 12.0. The van der Waals surface area contributed by atoms with Crippen molar-refractivity contribution in [1.82, 2.24) is 15.1 Å². The van der Waals surface area contributed by atoms with Gasteiger partial charge in [-0.15, -0.1) is 0 Å². The largest absolute Gasteiger partial charge is 0.489 e. The van der Waals surface area contributed by atoms with Crippen LogP contribution in [0, 0.1) is 0 Å². The summed E-state index contributed by atoms with van der Waals surface area (Å²) in [4.78, 5) is 27.2. The molecule has 0 radical (unpaired) electrons. The molecule has 0 spiro atoms. The number of nitrogens with one attached hydrogen (secondary N) is 1. The lowest BCUT2D eigenvalue weighted by Gasteiger charge is -2.20. The van der Waals surface area contributed by atoms with Gasteiger partial charge in [0.25, 0.3) is 0 Å². The molecule has 10 heteroatoms. The second-order valence-corrected chi connectivity index (χ2v) is 9.01. The van der Waals surface area contributed by atoms with Crippen molar-refractivity contribution < 1.29 is 19.1 Å². The van der Waals surface area contributed by atoms with Gasteiger partial charge in [-0.25, -0.2) is 9.48 Å². The summed E-state index contributed by atoms with van der Waals surface area (Å²) < 4.78 is 13.5. The van der Waals surface area contributed by atoms with E-state index in [-0.39, 0.29) is 31.4 Å². The predicted molar refractivity (Wildman–Crippen MR) is 132 cm³/mol. The maximum Gasteiger partial charge on any atom is 0.359 e. The van der Waals surface area contributed by atoms with Crippen LogP contribution in [0.2, 0.25) is 5.15 Å². The van der Waals surface area contributed by atoms with E-state index in [0.29, 0.717) is 28.7 Å². The molecule has 1 aliphatic heterocycles. The minimum Gasteiger partial charge on any atom is -0.489 e. The molecule has 3 aromatic rings. The van der Waals surface area contributed by atoms with E-state index in [4.69, 9.17) is 21.1 Å². The summed E-state index contributed by atoms with van der Waals surface area (Å²) >= 11 is 10.1. The van der Waals surface area contributed by atoms with Crippen LogP contribution in [0.4, 0.5) is 5.69 Å². The number of ether oxygens (including phenoxy) is 2. The van der Waals surface area contributed by atoms with Gasteiger partial charge in [0.1, 0.15) is 23.6 Å². The molecule has 0 bridgehead atoms. The lowest BCUT2D eigenvalue weighted by atomic mass is 10.2. The molecule has 1 amide bonds. The van der Waals surface area contributed by atoms with Crippen LogP contribution in [0.25, 0.3) is 0 Å². The fraction of sp³-hybridized carbons (Fsp3) is 0.292. The number of hydrogen-bond acceptors (Lipinski definition) is 6. The molecule has 0 saturated carbocycles. The first-order chi connectivity index (χ1) is 16.4. The van der Waals surface area contributed by atoms with Crippen molar-refractivity contribution in [3.8, 4) is 5.75 Å². The van der Waals surface area contributed by atoms with Crippen molar-refractivity contribution in [2.75, 3.05) is 25.2 Å². The molecule has 0 saturated heterocycles. The summed E-state index contributed by atoms with van der Waals surface area (Å²) in [7, 11) is 1.70. The van der Waals surface area contributed by atoms with Crippen molar-refractivity contribution in [3.63, 3.8) is 0 Å². The Labute approximate surface area is 210 Å². The molecule has 178 valence electrons. The average Bonchev–Trinajstić information content (AvgIpc) is 3.08. The number of aromatic nitrogens is 2. The highest BCUT2D eigenvalue weighted by molar-refractivity contribution is 9.10. The highest BCUT2D eigenvalue weighted by Gasteiger charge is 2.31. The number of hydrogen-bond donors (Lipinski definition) is 1. The Bertz CT molecular complexity index is 1200. The van der Waals surface area contributed by atoms with Crippen LogP contribution in [0.5, 0.6) is 5.75 Å². The third-order valence-electron chi connectivity index (χ3n) is 5.47. The zero-order chi connectivity index (χ0) is 24.2. The average molecular weight is 548 g/mol. The van der Waals surface area contributed by atoms with Gasteiger partial charge >= 0.3 is 5.97 Å². The van der Waals surface area contributed by atoms with Gasteiger partial charge in [0.05, 0.1) is 18.8 Å². The van der Waals surface area contributed by atoms with Crippen molar-refractivity contribution >= 4 is 45.1 Å². The molecule has 34 heavy (non-hydrogen) atoms. The maximum absolute atomic E-state index is 13.1. The molecule has 0 fully saturated rings. The molecule has 1 aliphatic rings. The number of carbonyl (C=O) groups excluding carboxylic acids is 2. The number of fused-ring (bicyclic) bond motifs is 1. The lowest BCUT2D eigenvalue weighted by Crippen LogP contribution is -2.46. The molecule has 2 heterocycles. The number of rotatable bonds is 7. The van der Waals surface area contributed by atoms with Crippen LogP contribution in [-0.2, 0) is 22.6 Å². The maximum atomic E-state index is 13.1. The van der Waals surface area contributed by atoms with Gasteiger partial charge in [-0.1, -0.05) is 57.9 Å². The van der Waals surface area contributed by atoms with Crippen molar-refractivity contribution in [1.29, 1.82) is 0 Å². The monoisotopic (exact) mass is 546 g/mol. The highest BCUT2D eigenvalue weighted by Crippen LogP contribution is 2.33. The molecule has 1 atom stereocenters. The topological polar surface area (TPSA) is 85.7 Å². The second kappa shape index (κ2) is 10.6. The van der Waals surface area contributed by atoms with E-state index in [9.17, 15) is 9.59 Å². The molecule has 1 N–H and O–H groups in total. The number of anilines is 1. The second-order valence-electron chi connectivity index (χ2n) is 7.74. The van der Waals surface area contributed by atoms with Gasteiger partial charge in [-0.05, 0) is 30.7 Å². The molecule has 8 nitrogen and oxygen atoms in total. The van der Waals surface area contributed by atoms with Gasteiger partial charge in [0.15, 0.2) is 5.69 Å². The minimum absolute atomic E-state index is 0.122. The van der Waals surface area contributed by atoms with Crippen LogP contribution in [0.15, 0.2) is 53.0 Å². The van der Waals surface area contributed by atoms with E-state index in [2.05, 4.69) is 26.3 Å². The first kappa shape index (κ1) is 24.3. The fourth-order valence-electron chi connectivity index (χ4n) is 3.71. The third-order valence-corrected chi connectivity index (χ3v) is 6.39. The van der Waals surface area contributed by atoms with Crippen LogP contribution in [0.3, 0.4) is 0 Å². The molecule has 2 aromatic carbocycles. The Morgan fingerprint density at radius 3 is 2.79 bits per heavy atom.